The third kappa shape index (κ3) is 7.11. The summed E-state index contributed by atoms with van der Waals surface area (Å²) in [5, 5.41) is 28.4. The SMILES string of the molecule is CCCCC(=C(c1ccc(O)cc1)c1ccc(O)cc1)c1ccc(OCCOCCO)cc1. The first-order chi connectivity index (χ1) is 16.1. The monoisotopic (exact) mass is 448 g/mol. The van der Waals surface area contributed by atoms with Crippen LogP contribution >= 0.6 is 0 Å². The van der Waals surface area contributed by atoms with Crippen LogP contribution in [0, 0.1) is 0 Å². The molecule has 0 saturated carbocycles. The number of allylic oxidation sites excluding steroid dienone is 1. The molecule has 3 N–H and O–H groups in total. The Morgan fingerprint density at radius 3 is 1.76 bits per heavy atom. The van der Waals surface area contributed by atoms with Gasteiger partial charge in [0.15, 0.2) is 0 Å². The molecule has 0 fully saturated rings. The Hall–Kier alpha value is -3.28. The molecule has 0 atom stereocenters. The number of benzene rings is 3. The summed E-state index contributed by atoms with van der Waals surface area (Å²) < 4.78 is 11.0. The molecule has 5 heteroatoms. The van der Waals surface area contributed by atoms with Gasteiger partial charge in [-0.3, -0.25) is 0 Å². The van der Waals surface area contributed by atoms with E-state index >= 15 is 0 Å². The van der Waals surface area contributed by atoms with Gasteiger partial charge < -0.3 is 24.8 Å². The molecule has 174 valence electrons. The standard InChI is InChI=1S/C28H32O5/c1-2-3-4-27(21-9-15-26(16-10-21)33-20-19-32-18-17-29)28(22-5-11-24(30)12-6-22)23-7-13-25(31)14-8-23/h5-16,29-31H,2-4,17-20H2,1H3. The molecule has 3 rings (SSSR count). The van der Waals surface area contributed by atoms with Gasteiger partial charge in [0.2, 0.25) is 0 Å². The normalized spacial score (nSPS) is 10.7. The number of ether oxygens (including phenoxy) is 2. The number of unbranched alkanes of at least 4 members (excludes halogenated alkanes) is 1. The maximum Gasteiger partial charge on any atom is 0.119 e. The van der Waals surface area contributed by atoms with Crippen LogP contribution in [0.3, 0.4) is 0 Å². The zero-order valence-electron chi connectivity index (χ0n) is 19.0. The molecule has 0 saturated heterocycles. The minimum atomic E-state index is 0.00592. The first kappa shape index (κ1) is 24.4. The number of hydrogen-bond acceptors (Lipinski definition) is 5. The van der Waals surface area contributed by atoms with E-state index in [2.05, 4.69) is 19.1 Å². The Kier molecular flexibility index (Phi) is 9.36. The van der Waals surface area contributed by atoms with Gasteiger partial charge in [0, 0.05) is 0 Å². The predicted octanol–water partition coefficient (Wildman–Crippen LogP) is 5.63. The van der Waals surface area contributed by atoms with Crippen molar-refractivity contribution in [2.45, 2.75) is 26.2 Å². The van der Waals surface area contributed by atoms with Crippen molar-refractivity contribution in [2.24, 2.45) is 0 Å². The quantitative estimate of drug-likeness (QED) is 0.247. The van der Waals surface area contributed by atoms with E-state index in [0.717, 1.165) is 47.3 Å². The van der Waals surface area contributed by atoms with E-state index in [4.69, 9.17) is 14.6 Å². The first-order valence-corrected chi connectivity index (χ1v) is 11.4. The summed E-state index contributed by atoms with van der Waals surface area (Å²) in [7, 11) is 0. The van der Waals surface area contributed by atoms with Gasteiger partial charge in [0.05, 0.1) is 19.8 Å². The molecule has 33 heavy (non-hydrogen) atoms. The van der Waals surface area contributed by atoms with Crippen LogP contribution in [0.2, 0.25) is 0 Å². The van der Waals surface area contributed by atoms with E-state index in [1.165, 1.54) is 5.57 Å². The highest BCUT2D eigenvalue weighted by atomic mass is 16.5. The van der Waals surface area contributed by atoms with E-state index in [0.29, 0.717) is 19.8 Å². The molecule has 0 radical (unpaired) electrons. The lowest BCUT2D eigenvalue weighted by molar-refractivity contribution is 0.0705. The van der Waals surface area contributed by atoms with Gasteiger partial charge in [-0.2, -0.15) is 0 Å². The van der Waals surface area contributed by atoms with E-state index in [1.807, 2.05) is 36.4 Å². The van der Waals surface area contributed by atoms with Crippen LogP contribution in [0.25, 0.3) is 11.1 Å². The summed E-state index contributed by atoms with van der Waals surface area (Å²) in [5.41, 5.74) is 5.39. The molecule has 0 amide bonds. The molecule has 0 spiro atoms. The van der Waals surface area contributed by atoms with Crippen molar-refractivity contribution in [3.63, 3.8) is 0 Å². The average molecular weight is 449 g/mol. The zero-order valence-corrected chi connectivity index (χ0v) is 19.0. The van der Waals surface area contributed by atoms with Crippen molar-refractivity contribution >= 4 is 11.1 Å². The summed E-state index contributed by atoms with van der Waals surface area (Å²) >= 11 is 0. The van der Waals surface area contributed by atoms with Crippen molar-refractivity contribution in [2.75, 3.05) is 26.4 Å². The third-order valence-corrected chi connectivity index (χ3v) is 5.33. The van der Waals surface area contributed by atoms with Gasteiger partial charge in [0.25, 0.3) is 0 Å². The summed E-state index contributed by atoms with van der Waals surface area (Å²) in [5.74, 6) is 1.21. The second-order valence-electron chi connectivity index (χ2n) is 7.76. The molecule has 0 aliphatic heterocycles. The highest BCUT2D eigenvalue weighted by Gasteiger charge is 2.15. The number of hydrogen-bond donors (Lipinski definition) is 3. The van der Waals surface area contributed by atoms with Gasteiger partial charge in [-0.15, -0.1) is 0 Å². The van der Waals surface area contributed by atoms with E-state index in [-0.39, 0.29) is 18.1 Å². The lowest BCUT2D eigenvalue weighted by Crippen LogP contribution is -2.09. The molecule has 3 aromatic rings. The summed E-state index contributed by atoms with van der Waals surface area (Å²) in [6, 6.07) is 22.5. The second-order valence-corrected chi connectivity index (χ2v) is 7.76. The number of aliphatic hydroxyl groups is 1. The number of phenols is 2. The molecule has 5 nitrogen and oxygen atoms in total. The molecule has 0 aromatic heterocycles. The highest BCUT2D eigenvalue weighted by Crippen LogP contribution is 2.37. The average Bonchev–Trinajstić information content (AvgIpc) is 2.84. The van der Waals surface area contributed by atoms with Crippen LogP contribution in [0.4, 0.5) is 0 Å². The summed E-state index contributed by atoms with van der Waals surface area (Å²) in [6.45, 7) is 3.34. The Morgan fingerprint density at radius 2 is 1.24 bits per heavy atom. The Morgan fingerprint density at radius 1 is 0.697 bits per heavy atom. The summed E-state index contributed by atoms with van der Waals surface area (Å²) in [6.07, 6.45) is 3.00. The predicted molar refractivity (Wildman–Crippen MR) is 131 cm³/mol. The molecule has 0 aliphatic rings. The fourth-order valence-electron chi connectivity index (χ4n) is 3.68. The lowest BCUT2D eigenvalue weighted by Gasteiger charge is -2.18. The van der Waals surface area contributed by atoms with Crippen LogP contribution < -0.4 is 4.74 Å². The van der Waals surface area contributed by atoms with Crippen LogP contribution in [0.15, 0.2) is 72.8 Å². The third-order valence-electron chi connectivity index (χ3n) is 5.33. The fraction of sp³-hybridized carbons (Fsp3) is 0.286. The number of aromatic hydroxyl groups is 2. The van der Waals surface area contributed by atoms with Crippen molar-refractivity contribution in [1.29, 1.82) is 0 Å². The van der Waals surface area contributed by atoms with Crippen molar-refractivity contribution in [1.82, 2.24) is 0 Å². The van der Waals surface area contributed by atoms with Crippen molar-refractivity contribution in [3.05, 3.63) is 89.5 Å². The van der Waals surface area contributed by atoms with E-state index < -0.39 is 0 Å². The van der Waals surface area contributed by atoms with Crippen molar-refractivity contribution < 1.29 is 24.8 Å². The largest absolute Gasteiger partial charge is 0.508 e. The maximum absolute atomic E-state index is 9.81. The maximum atomic E-state index is 9.81. The first-order valence-electron chi connectivity index (χ1n) is 11.4. The molecule has 0 heterocycles. The topological polar surface area (TPSA) is 79.2 Å². The lowest BCUT2D eigenvalue weighted by atomic mass is 9.87. The van der Waals surface area contributed by atoms with Gasteiger partial charge in [-0.25, -0.2) is 0 Å². The van der Waals surface area contributed by atoms with Gasteiger partial charge >= 0.3 is 0 Å². The fourth-order valence-corrected chi connectivity index (χ4v) is 3.68. The van der Waals surface area contributed by atoms with E-state index in [9.17, 15) is 10.2 Å². The van der Waals surface area contributed by atoms with E-state index in [1.54, 1.807) is 24.3 Å². The molecule has 0 unspecified atom stereocenters. The zero-order chi connectivity index (χ0) is 23.5. The molecular weight excluding hydrogens is 416 g/mol. The summed E-state index contributed by atoms with van der Waals surface area (Å²) in [4.78, 5) is 0. The Bertz CT molecular complexity index is 958. The van der Waals surface area contributed by atoms with Crippen LogP contribution in [0.1, 0.15) is 42.9 Å². The van der Waals surface area contributed by atoms with Gasteiger partial charge in [-0.1, -0.05) is 49.7 Å². The number of rotatable bonds is 12. The molecule has 3 aromatic carbocycles. The minimum Gasteiger partial charge on any atom is -0.508 e. The molecule has 0 bridgehead atoms. The minimum absolute atomic E-state index is 0.00592. The van der Waals surface area contributed by atoms with Crippen LogP contribution in [-0.4, -0.2) is 41.7 Å². The van der Waals surface area contributed by atoms with Gasteiger partial charge in [0.1, 0.15) is 23.9 Å². The van der Waals surface area contributed by atoms with Crippen molar-refractivity contribution in [3.8, 4) is 17.2 Å². The number of aliphatic hydroxyl groups excluding tert-OH is 1. The molecular formula is C28H32O5. The second kappa shape index (κ2) is 12.7. The van der Waals surface area contributed by atoms with Crippen LogP contribution in [0.5, 0.6) is 17.2 Å². The highest BCUT2D eigenvalue weighted by molar-refractivity contribution is 5.98. The van der Waals surface area contributed by atoms with Gasteiger partial charge in [-0.05, 0) is 77.1 Å². The smallest absolute Gasteiger partial charge is 0.119 e. The number of phenolic OH excluding ortho intramolecular Hbond substituents is 2. The molecule has 0 aliphatic carbocycles. The Balaban J connectivity index is 1.98. The Labute approximate surface area is 195 Å². The van der Waals surface area contributed by atoms with Crippen LogP contribution in [-0.2, 0) is 4.74 Å².